The van der Waals surface area contributed by atoms with E-state index in [-0.39, 0.29) is 30.4 Å². The summed E-state index contributed by atoms with van der Waals surface area (Å²) in [7, 11) is 1.55. The van der Waals surface area contributed by atoms with Gasteiger partial charge in [0, 0.05) is 31.8 Å². The molecule has 0 unspecified atom stereocenters. The lowest BCUT2D eigenvalue weighted by Crippen LogP contribution is -2.42. The molecule has 4 rings (SSSR count). The summed E-state index contributed by atoms with van der Waals surface area (Å²) in [6, 6.07) is 5.15. The highest BCUT2D eigenvalue weighted by atomic mass is 16.5. The smallest absolute Gasteiger partial charge is 0.255 e. The van der Waals surface area contributed by atoms with E-state index in [1.165, 1.54) is 0 Å². The van der Waals surface area contributed by atoms with Crippen molar-refractivity contribution in [3.05, 3.63) is 29.6 Å². The number of aromatic nitrogens is 4. The number of methoxy groups -OCH3 is 1. The van der Waals surface area contributed by atoms with Crippen LogP contribution in [0.3, 0.4) is 0 Å². The Morgan fingerprint density at radius 3 is 2.69 bits per heavy atom. The Labute approximate surface area is 167 Å². The molecular weight excluding hydrogens is 376 g/mol. The fourth-order valence-electron chi connectivity index (χ4n) is 3.39. The van der Waals surface area contributed by atoms with Crippen LogP contribution >= 0.6 is 0 Å². The first kappa shape index (κ1) is 19.2. The molecule has 1 saturated heterocycles. The number of rotatable bonds is 7. The summed E-state index contributed by atoms with van der Waals surface area (Å²) in [6.45, 7) is 1.53. The predicted octanol–water partition coefficient (Wildman–Crippen LogP) is 0.918. The van der Waals surface area contributed by atoms with Crippen molar-refractivity contribution in [2.24, 2.45) is 5.92 Å². The average Bonchev–Trinajstić information content (AvgIpc) is 3.47. The second kappa shape index (κ2) is 8.46. The van der Waals surface area contributed by atoms with Crippen molar-refractivity contribution in [3.63, 3.8) is 0 Å². The zero-order chi connectivity index (χ0) is 20.2. The fraction of sp³-hybridized carbons (Fsp3) is 0.526. The summed E-state index contributed by atoms with van der Waals surface area (Å²) in [5.41, 5.74) is 0.379. The minimum Gasteiger partial charge on any atom is -0.497 e. The number of amides is 2. The Morgan fingerprint density at radius 1 is 1.24 bits per heavy atom. The van der Waals surface area contributed by atoms with Crippen LogP contribution in [-0.4, -0.2) is 63.6 Å². The normalized spacial score (nSPS) is 17.1. The molecule has 2 aliphatic rings. The van der Waals surface area contributed by atoms with Crippen LogP contribution in [0.25, 0.3) is 0 Å². The molecule has 0 spiro atoms. The lowest BCUT2D eigenvalue weighted by molar-refractivity contribution is -0.134. The topological polar surface area (TPSA) is 122 Å². The molecule has 2 heterocycles. The molecule has 2 fully saturated rings. The number of benzene rings is 1. The van der Waals surface area contributed by atoms with Crippen LogP contribution in [0.4, 0.5) is 0 Å². The van der Waals surface area contributed by atoms with Gasteiger partial charge in [0.05, 0.1) is 19.2 Å². The highest BCUT2D eigenvalue weighted by Crippen LogP contribution is 2.32. The summed E-state index contributed by atoms with van der Waals surface area (Å²) in [4.78, 5) is 26.9. The van der Waals surface area contributed by atoms with Crippen molar-refractivity contribution < 1.29 is 19.1 Å². The first-order valence-electron chi connectivity index (χ1n) is 9.78. The maximum atomic E-state index is 12.7. The monoisotopic (exact) mass is 400 g/mol. The first-order valence-corrected chi connectivity index (χ1v) is 9.78. The molecular formula is C19H24N6O4. The molecule has 0 bridgehead atoms. The van der Waals surface area contributed by atoms with Gasteiger partial charge >= 0.3 is 0 Å². The van der Waals surface area contributed by atoms with Crippen molar-refractivity contribution in [1.29, 1.82) is 0 Å². The van der Waals surface area contributed by atoms with Crippen molar-refractivity contribution in [1.82, 2.24) is 30.8 Å². The van der Waals surface area contributed by atoms with Crippen molar-refractivity contribution in [2.45, 2.75) is 38.3 Å². The van der Waals surface area contributed by atoms with E-state index in [4.69, 9.17) is 9.47 Å². The zero-order valence-corrected chi connectivity index (χ0v) is 16.3. The molecule has 2 aromatic rings. The largest absolute Gasteiger partial charge is 0.497 e. The molecule has 2 amide bonds. The van der Waals surface area contributed by atoms with E-state index in [1.54, 1.807) is 25.3 Å². The number of aromatic amines is 1. The van der Waals surface area contributed by atoms with Crippen LogP contribution < -0.4 is 14.8 Å². The Morgan fingerprint density at radius 2 is 2.03 bits per heavy atom. The number of carbonyl (C=O) groups excluding carboxylic acids is 2. The van der Waals surface area contributed by atoms with Gasteiger partial charge in [0.2, 0.25) is 5.91 Å². The molecule has 2 N–H and O–H groups in total. The highest BCUT2D eigenvalue weighted by molar-refractivity contribution is 5.97. The van der Waals surface area contributed by atoms with Crippen molar-refractivity contribution >= 4 is 11.8 Å². The Bertz CT molecular complexity index is 860. The van der Waals surface area contributed by atoms with Crippen LogP contribution in [0, 0.1) is 5.92 Å². The number of ether oxygens (including phenoxy) is 2. The van der Waals surface area contributed by atoms with Gasteiger partial charge in [-0.05, 0) is 31.0 Å². The summed E-state index contributed by atoms with van der Waals surface area (Å²) in [5.74, 6) is 1.63. The molecule has 10 heteroatoms. The second-order valence-electron chi connectivity index (χ2n) is 7.29. The van der Waals surface area contributed by atoms with Crippen LogP contribution in [0.5, 0.6) is 11.5 Å². The van der Waals surface area contributed by atoms with Gasteiger partial charge in [-0.25, -0.2) is 0 Å². The number of tetrazole rings is 1. The number of hydrogen-bond acceptors (Lipinski definition) is 7. The second-order valence-corrected chi connectivity index (χ2v) is 7.29. The summed E-state index contributed by atoms with van der Waals surface area (Å²) in [6.07, 6.45) is 3.48. The van der Waals surface area contributed by atoms with E-state index in [0.29, 0.717) is 36.0 Å². The van der Waals surface area contributed by atoms with Gasteiger partial charge in [0.1, 0.15) is 17.6 Å². The van der Waals surface area contributed by atoms with Crippen LogP contribution in [0.1, 0.15) is 41.9 Å². The number of hydrogen-bond donors (Lipinski definition) is 2. The third-order valence-electron chi connectivity index (χ3n) is 5.20. The van der Waals surface area contributed by atoms with Gasteiger partial charge in [-0.2, -0.15) is 5.21 Å². The standard InChI is InChI=1S/C19H24N6O4/c1-28-14-4-5-16(15(10-14)18(26)20-11-17-21-23-24-22-17)29-13-6-8-25(9-7-13)19(27)12-2-3-12/h4-5,10,12-13H,2-3,6-9,11H2,1H3,(H,20,26)(H,21,22,23,24). The quantitative estimate of drug-likeness (QED) is 0.708. The van der Waals surface area contributed by atoms with Gasteiger partial charge in [-0.1, -0.05) is 5.21 Å². The molecule has 1 aromatic heterocycles. The number of likely N-dealkylation sites (tertiary alicyclic amines) is 1. The maximum Gasteiger partial charge on any atom is 0.255 e. The van der Waals surface area contributed by atoms with Gasteiger partial charge < -0.3 is 19.7 Å². The highest BCUT2D eigenvalue weighted by Gasteiger charge is 2.35. The SMILES string of the molecule is COc1ccc(OC2CCN(C(=O)C3CC3)CC2)c(C(=O)NCc2nn[nH]n2)c1. The summed E-state index contributed by atoms with van der Waals surface area (Å²) < 4.78 is 11.4. The van der Waals surface area contributed by atoms with Crippen LogP contribution in [-0.2, 0) is 11.3 Å². The first-order chi connectivity index (χ1) is 14.1. The number of piperidine rings is 1. The predicted molar refractivity (Wildman–Crippen MR) is 101 cm³/mol. The van der Waals surface area contributed by atoms with Gasteiger partial charge in [-0.3, -0.25) is 9.59 Å². The number of H-pyrrole nitrogens is 1. The molecule has 10 nitrogen and oxygen atoms in total. The van der Waals surface area contributed by atoms with E-state index in [0.717, 1.165) is 25.7 Å². The average molecular weight is 400 g/mol. The van der Waals surface area contributed by atoms with E-state index in [9.17, 15) is 9.59 Å². The fourth-order valence-corrected chi connectivity index (χ4v) is 3.39. The van der Waals surface area contributed by atoms with E-state index >= 15 is 0 Å². The van der Waals surface area contributed by atoms with E-state index in [2.05, 4.69) is 25.9 Å². The number of nitrogens with zero attached hydrogens (tertiary/aromatic N) is 4. The minimum atomic E-state index is -0.315. The van der Waals surface area contributed by atoms with Gasteiger partial charge in [-0.15, -0.1) is 10.2 Å². The van der Waals surface area contributed by atoms with E-state index < -0.39 is 0 Å². The molecule has 154 valence electrons. The molecule has 0 atom stereocenters. The lowest BCUT2D eigenvalue weighted by atomic mass is 10.1. The molecule has 1 aliphatic heterocycles. The van der Waals surface area contributed by atoms with Crippen molar-refractivity contribution in [2.75, 3.05) is 20.2 Å². The molecule has 1 saturated carbocycles. The van der Waals surface area contributed by atoms with Crippen LogP contribution in [0.15, 0.2) is 18.2 Å². The number of carbonyl (C=O) groups is 2. The van der Waals surface area contributed by atoms with E-state index in [1.807, 2.05) is 4.90 Å². The molecule has 0 radical (unpaired) electrons. The zero-order valence-electron chi connectivity index (χ0n) is 16.3. The van der Waals surface area contributed by atoms with Gasteiger partial charge in [0.25, 0.3) is 5.91 Å². The summed E-state index contributed by atoms with van der Waals surface area (Å²) in [5, 5.41) is 16.2. The Hall–Kier alpha value is -3.17. The third-order valence-corrected chi connectivity index (χ3v) is 5.20. The van der Waals surface area contributed by atoms with Gasteiger partial charge in [0.15, 0.2) is 5.82 Å². The number of nitrogens with one attached hydrogen (secondary N) is 2. The summed E-state index contributed by atoms with van der Waals surface area (Å²) >= 11 is 0. The molecule has 1 aliphatic carbocycles. The molecule has 29 heavy (non-hydrogen) atoms. The minimum absolute atomic E-state index is 0.0459. The molecule has 1 aromatic carbocycles. The van der Waals surface area contributed by atoms with Crippen molar-refractivity contribution in [3.8, 4) is 11.5 Å². The lowest BCUT2D eigenvalue weighted by Gasteiger charge is -2.32. The maximum absolute atomic E-state index is 12.7. The third kappa shape index (κ3) is 4.64. The van der Waals surface area contributed by atoms with Crippen LogP contribution in [0.2, 0.25) is 0 Å². The Balaban J connectivity index is 1.40. The Kier molecular flexibility index (Phi) is 5.59.